The van der Waals surface area contributed by atoms with E-state index >= 15 is 0 Å². The summed E-state index contributed by atoms with van der Waals surface area (Å²) >= 11 is 0. The number of nitrogens with two attached hydrogens (primary N) is 1. The van der Waals surface area contributed by atoms with Crippen molar-refractivity contribution in [3.8, 4) is 0 Å². The Hall–Kier alpha value is -1.22. The van der Waals surface area contributed by atoms with Crippen molar-refractivity contribution >= 4 is 11.4 Å². The summed E-state index contributed by atoms with van der Waals surface area (Å²) in [5.41, 5.74) is 8.85. The Bertz CT molecular complexity index is 332. The van der Waals surface area contributed by atoms with E-state index in [9.17, 15) is 0 Å². The highest BCUT2D eigenvalue weighted by molar-refractivity contribution is 5.57. The van der Waals surface area contributed by atoms with Gasteiger partial charge in [-0.3, -0.25) is 0 Å². The van der Waals surface area contributed by atoms with Crippen molar-refractivity contribution in [2.45, 2.75) is 25.9 Å². The van der Waals surface area contributed by atoms with Gasteiger partial charge in [0.25, 0.3) is 0 Å². The van der Waals surface area contributed by atoms with E-state index in [1.807, 2.05) is 18.2 Å². The van der Waals surface area contributed by atoms with Crippen LogP contribution < -0.4 is 11.1 Å². The fraction of sp³-hybridized carbons (Fsp3) is 0.500. The van der Waals surface area contributed by atoms with Gasteiger partial charge in [0.1, 0.15) is 0 Å². The van der Waals surface area contributed by atoms with Crippen molar-refractivity contribution in [3.05, 3.63) is 23.8 Å². The Kier molecular flexibility index (Phi) is 3.11. The van der Waals surface area contributed by atoms with E-state index in [0.29, 0.717) is 6.10 Å². The number of ether oxygens (including phenoxy) is 1. The van der Waals surface area contributed by atoms with E-state index < -0.39 is 0 Å². The van der Waals surface area contributed by atoms with Gasteiger partial charge < -0.3 is 15.8 Å². The van der Waals surface area contributed by atoms with Crippen molar-refractivity contribution in [3.63, 3.8) is 0 Å². The summed E-state index contributed by atoms with van der Waals surface area (Å²) in [6, 6.07) is 5.93. The zero-order valence-electron chi connectivity index (χ0n) is 9.12. The lowest BCUT2D eigenvalue weighted by Gasteiger charge is -2.13. The van der Waals surface area contributed by atoms with Gasteiger partial charge in [-0.25, -0.2) is 0 Å². The molecule has 0 spiro atoms. The van der Waals surface area contributed by atoms with Crippen LogP contribution in [0.15, 0.2) is 18.2 Å². The lowest BCUT2D eigenvalue weighted by Crippen LogP contribution is -2.18. The zero-order valence-corrected chi connectivity index (χ0v) is 9.12. The summed E-state index contributed by atoms with van der Waals surface area (Å²) in [7, 11) is 0. The van der Waals surface area contributed by atoms with E-state index in [2.05, 4.69) is 12.2 Å². The Morgan fingerprint density at radius 3 is 3.07 bits per heavy atom. The Morgan fingerprint density at radius 2 is 2.40 bits per heavy atom. The third kappa shape index (κ3) is 2.63. The van der Waals surface area contributed by atoms with Gasteiger partial charge in [-0.2, -0.15) is 0 Å². The highest BCUT2D eigenvalue weighted by Crippen LogP contribution is 2.19. The lowest BCUT2D eigenvalue weighted by molar-refractivity contribution is 0.120. The Morgan fingerprint density at radius 1 is 1.53 bits per heavy atom. The number of aryl methyl sites for hydroxylation is 1. The van der Waals surface area contributed by atoms with Crippen molar-refractivity contribution in [2.24, 2.45) is 0 Å². The van der Waals surface area contributed by atoms with Crippen LogP contribution in [0.5, 0.6) is 0 Å². The van der Waals surface area contributed by atoms with E-state index in [-0.39, 0.29) is 0 Å². The number of nitrogens with one attached hydrogen (secondary N) is 1. The average molecular weight is 206 g/mol. The highest BCUT2D eigenvalue weighted by Gasteiger charge is 2.14. The smallest absolute Gasteiger partial charge is 0.0748 e. The number of hydrogen-bond acceptors (Lipinski definition) is 3. The first-order valence-corrected chi connectivity index (χ1v) is 5.47. The summed E-state index contributed by atoms with van der Waals surface area (Å²) in [6.07, 6.45) is 2.73. The van der Waals surface area contributed by atoms with Crippen LogP contribution in [0, 0.1) is 6.92 Å². The van der Waals surface area contributed by atoms with Crippen molar-refractivity contribution < 1.29 is 4.74 Å². The van der Waals surface area contributed by atoms with Crippen LogP contribution >= 0.6 is 0 Å². The number of benzene rings is 1. The molecule has 1 aromatic carbocycles. The normalized spacial score (nSPS) is 20.5. The third-order valence-corrected chi connectivity index (χ3v) is 2.79. The number of nitrogen functional groups attached to an aromatic ring is 1. The maximum Gasteiger partial charge on any atom is 0.0748 e. The molecule has 1 aromatic rings. The molecule has 0 saturated carbocycles. The van der Waals surface area contributed by atoms with Gasteiger partial charge in [0.2, 0.25) is 0 Å². The first kappa shape index (κ1) is 10.3. The van der Waals surface area contributed by atoms with Crippen molar-refractivity contribution in [1.29, 1.82) is 0 Å². The Labute approximate surface area is 90.6 Å². The molecule has 2 rings (SSSR count). The molecule has 1 fully saturated rings. The monoisotopic (exact) mass is 206 g/mol. The summed E-state index contributed by atoms with van der Waals surface area (Å²) in [6.45, 7) is 3.87. The molecule has 0 amide bonds. The van der Waals surface area contributed by atoms with Gasteiger partial charge in [-0.15, -0.1) is 0 Å². The van der Waals surface area contributed by atoms with Crippen LogP contribution in [0.2, 0.25) is 0 Å². The summed E-state index contributed by atoms with van der Waals surface area (Å²) in [5, 5.41) is 3.40. The zero-order chi connectivity index (χ0) is 10.7. The fourth-order valence-electron chi connectivity index (χ4n) is 1.91. The largest absolute Gasteiger partial charge is 0.399 e. The topological polar surface area (TPSA) is 47.3 Å². The van der Waals surface area contributed by atoms with E-state index in [0.717, 1.165) is 24.5 Å². The second kappa shape index (κ2) is 4.53. The quantitative estimate of drug-likeness (QED) is 0.745. The van der Waals surface area contributed by atoms with Gasteiger partial charge in [0.05, 0.1) is 6.10 Å². The summed E-state index contributed by atoms with van der Waals surface area (Å²) in [4.78, 5) is 0. The number of hydrogen-bond donors (Lipinski definition) is 2. The van der Waals surface area contributed by atoms with Crippen LogP contribution in [0.3, 0.4) is 0 Å². The fourth-order valence-corrected chi connectivity index (χ4v) is 1.91. The van der Waals surface area contributed by atoms with Crippen LogP contribution in [-0.4, -0.2) is 19.3 Å². The van der Waals surface area contributed by atoms with Gasteiger partial charge >= 0.3 is 0 Å². The molecule has 1 atom stereocenters. The predicted molar refractivity (Wildman–Crippen MR) is 63.1 cm³/mol. The lowest BCUT2D eigenvalue weighted by atomic mass is 10.1. The minimum atomic E-state index is 0.377. The van der Waals surface area contributed by atoms with Gasteiger partial charge in [0, 0.05) is 24.5 Å². The van der Waals surface area contributed by atoms with E-state index in [4.69, 9.17) is 10.5 Å². The summed E-state index contributed by atoms with van der Waals surface area (Å²) < 4.78 is 5.55. The molecular weight excluding hydrogens is 188 g/mol. The molecule has 1 aliphatic rings. The molecule has 15 heavy (non-hydrogen) atoms. The van der Waals surface area contributed by atoms with E-state index in [1.54, 1.807) is 0 Å². The van der Waals surface area contributed by atoms with Gasteiger partial charge in [0.15, 0.2) is 0 Å². The van der Waals surface area contributed by atoms with Crippen LogP contribution in [0.4, 0.5) is 11.4 Å². The second-order valence-electron chi connectivity index (χ2n) is 4.09. The van der Waals surface area contributed by atoms with Gasteiger partial charge in [-0.1, -0.05) is 0 Å². The molecule has 1 saturated heterocycles. The average Bonchev–Trinajstić information content (AvgIpc) is 2.69. The minimum Gasteiger partial charge on any atom is -0.399 e. The molecule has 82 valence electrons. The van der Waals surface area contributed by atoms with Crippen LogP contribution in [0.1, 0.15) is 18.4 Å². The molecule has 3 heteroatoms. The molecule has 0 bridgehead atoms. The Balaban J connectivity index is 1.92. The van der Waals surface area contributed by atoms with Crippen LogP contribution in [0.25, 0.3) is 0 Å². The molecule has 1 unspecified atom stereocenters. The molecular formula is C12H18N2O. The first-order valence-electron chi connectivity index (χ1n) is 5.47. The molecule has 0 aliphatic carbocycles. The third-order valence-electron chi connectivity index (χ3n) is 2.79. The van der Waals surface area contributed by atoms with Crippen molar-refractivity contribution in [2.75, 3.05) is 24.2 Å². The SMILES string of the molecule is Cc1cc(N)ccc1NCC1CCCO1. The maximum absolute atomic E-state index is 5.69. The molecule has 0 aromatic heterocycles. The van der Waals surface area contributed by atoms with Crippen molar-refractivity contribution in [1.82, 2.24) is 0 Å². The number of anilines is 2. The second-order valence-corrected chi connectivity index (χ2v) is 4.09. The molecule has 1 aliphatic heterocycles. The van der Waals surface area contributed by atoms with Gasteiger partial charge in [-0.05, 0) is 43.5 Å². The molecule has 0 radical (unpaired) electrons. The molecule has 3 N–H and O–H groups in total. The van der Waals surface area contributed by atoms with E-state index in [1.165, 1.54) is 18.4 Å². The highest BCUT2D eigenvalue weighted by atomic mass is 16.5. The van der Waals surface area contributed by atoms with Crippen LogP contribution in [-0.2, 0) is 4.74 Å². The number of rotatable bonds is 3. The minimum absolute atomic E-state index is 0.377. The standard InChI is InChI=1S/C12H18N2O/c1-9-7-10(13)4-5-12(9)14-8-11-3-2-6-15-11/h4-5,7,11,14H,2-3,6,8,13H2,1H3. The maximum atomic E-state index is 5.69. The molecule has 3 nitrogen and oxygen atoms in total. The predicted octanol–water partition coefficient (Wildman–Crippen LogP) is 2.17. The molecule has 1 heterocycles. The summed E-state index contributed by atoms with van der Waals surface area (Å²) in [5.74, 6) is 0. The first-order chi connectivity index (χ1) is 7.25.